The molecule has 0 heterocycles. The zero-order valence-electron chi connectivity index (χ0n) is 8.09. The number of carbonyl (C=O) groups is 1. The Labute approximate surface area is 96.0 Å². The maximum absolute atomic E-state index is 13.5. The first-order valence-corrected chi connectivity index (χ1v) is 5.68. The van der Waals surface area contributed by atoms with E-state index in [1.54, 1.807) is 12.1 Å². The first-order valence-electron chi connectivity index (χ1n) is 4.89. The predicted molar refractivity (Wildman–Crippen MR) is 59.5 cm³/mol. The van der Waals surface area contributed by atoms with Gasteiger partial charge in [-0.2, -0.15) is 0 Å². The molecule has 0 spiro atoms. The maximum Gasteiger partial charge on any atom is 0.179 e. The van der Waals surface area contributed by atoms with E-state index in [0.29, 0.717) is 10.5 Å². The molecule has 4 heteroatoms. The summed E-state index contributed by atoms with van der Waals surface area (Å²) in [5.41, 5.74) is 0.150. The molecule has 1 aromatic carbocycles. The van der Waals surface area contributed by atoms with E-state index in [0.717, 1.165) is 12.8 Å². The third kappa shape index (κ3) is 2.63. The number of Topliss-reactive ketones (excluding diaryl/α,β-unsaturated/α-hetero) is 1. The highest BCUT2D eigenvalue weighted by Gasteiger charge is 2.22. The van der Waals surface area contributed by atoms with Crippen LogP contribution in [0, 0.1) is 5.82 Å². The van der Waals surface area contributed by atoms with Crippen molar-refractivity contribution in [3.8, 4) is 0 Å². The van der Waals surface area contributed by atoms with Crippen LogP contribution in [-0.4, -0.2) is 18.4 Å². The maximum atomic E-state index is 13.5. The SMILES string of the molecule is O=C(CNC1CC1)c1cccc(Br)c1F. The normalized spacial score (nSPS) is 15.3. The molecule has 2 rings (SSSR count). The molecular formula is C11H11BrFNO. The Kier molecular flexibility index (Phi) is 3.17. The van der Waals surface area contributed by atoms with E-state index in [-0.39, 0.29) is 17.9 Å². The number of nitrogens with one attached hydrogen (secondary N) is 1. The summed E-state index contributed by atoms with van der Waals surface area (Å²) in [6.45, 7) is 0.220. The third-order valence-electron chi connectivity index (χ3n) is 2.38. The van der Waals surface area contributed by atoms with Gasteiger partial charge in [-0.25, -0.2) is 4.39 Å². The molecule has 1 N–H and O–H groups in total. The highest BCUT2D eigenvalue weighted by Crippen LogP contribution is 2.20. The van der Waals surface area contributed by atoms with Gasteiger partial charge in [-0.3, -0.25) is 4.79 Å². The van der Waals surface area contributed by atoms with E-state index in [1.807, 2.05) is 0 Å². The predicted octanol–water partition coefficient (Wildman–Crippen LogP) is 2.52. The van der Waals surface area contributed by atoms with E-state index in [1.165, 1.54) is 6.07 Å². The Morgan fingerprint density at radius 3 is 2.93 bits per heavy atom. The van der Waals surface area contributed by atoms with Crippen molar-refractivity contribution in [3.63, 3.8) is 0 Å². The van der Waals surface area contributed by atoms with E-state index in [9.17, 15) is 9.18 Å². The second-order valence-corrected chi connectivity index (χ2v) is 4.53. The van der Waals surface area contributed by atoms with Gasteiger partial charge in [-0.1, -0.05) is 6.07 Å². The minimum atomic E-state index is -0.472. The molecule has 0 bridgehead atoms. The van der Waals surface area contributed by atoms with Crippen LogP contribution in [0.3, 0.4) is 0 Å². The molecule has 2 nitrogen and oxygen atoms in total. The average Bonchev–Trinajstić information content (AvgIpc) is 3.02. The molecule has 1 aromatic rings. The topological polar surface area (TPSA) is 29.1 Å². The van der Waals surface area contributed by atoms with Crippen LogP contribution in [0.4, 0.5) is 4.39 Å². The van der Waals surface area contributed by atoms with Crippen LogP contribution in [0.15, 0.2) is 22.7 Å². The lowest BCUT2D eigenvalue weighted by Gasteiger charge is -2.04. The van der Waals surface area contributed by atoms with Gasteiger partial charge in [-0.05, 0) is 40.9 Å². The van der Waals surface area contributed by atoms with Gasteiger partial charge in [0, 0.05) is 6.04 Å². The van der Waals surface area contributed by atoms with Crippen LogP contribution >= 0.6 is 15.9 Å². The van der Waals surface area contributed by atoms with Crippen LogP contribution in [-0.2, 0) is 0 Å². The first kappa shape index (κ1) is 10.8. The Hall–Kier alpha value is -0.740. The first-order chi connectivity index (χ1) is 7.18. The summed E-state index contributed by atoms with van der Waals surface area (Å²) in [6, 6.07) is 5.22. The average molecular weight is 272 g/mol. The number of halogens is 2. The second kappa shape index (κ2) is 4.41. The molecule has 0 radical (unpaired) electrons. The molecule has 1 fully saturated rings. The zero-order valence-corrected chi connectivity index (χ0v) is 9.68. The Morgan fingerprint density at radius 1 is 1.53 bits per heavy atom. The summed E-state index contributed by atoms with van der Waals surface area (Å²) in [6.07, 6.45) is 2.24. The van der Waals surface area contributed by atoms with E-state index >= 15 is 0 Å². The molecule has 0 saturated heterocycles. The van der Waals surface area contributed by atoms with Crippen molar-refractivity contribution >= 4 is 21.7 Å². The van der Waals surface area contributed by atoms with E-state index in [2.05, 4.69) is 21.2 Å². The van der Waals surface area contributed by atoms with Gasteiger partial charge in [0.25, 0.3) is 0 Å². The number of hydrogen-bond acceptors (Lipinski definition) is 2. The zero-order chi connectivity index (χ0) is 10.8. The van der Waals surface area contributed by atoms with Crippen molar-refractivity contribution in [2.75, 3.05) is 6.54 Å². The van der Waals surface area contributed by atoms with Crippen molar-refractivity contribution in [3.05, 3.63) is 34.1 Å². The van der Waals surface area contributed by atoms with E-state index < -0.39 is 5.82 Å². The summed E-state index contributed by atoms with van der Waals surface area (Å²) < 4.78 is 13.8. The van der Waals surface area contributed by atoms with Gasteiger partial charge in [0.15, 0.2) is 5.78 Å². The van der Waals surface area contributed by atoms with E-state index in [4.69, 9.17) is 0 Å². The number of rotatable bonds is 4. The number of carbonyl (C=O) groups excluding carboxylic acids is 1. The Balaban J connectivity index is 2.06. The molecule has 0 aromatic heterocycles. The molecule has 0 aliphatic heterocycles. The minimum absolute atomic E-state index is 0.150. The Bertz CT molecular complexity index is 390. The van der Waals surface area contributed by atoms with Crippen molar-refractivity contribution in [1.82, 2.24) is 5.32 Å². The summed E-state index contributed by atoms with van der Waals surface area (Å²) in [4.78, 5) is 11.6. The van der Waals surface area contributed by atoms with Crippen LogP contribution in [0.1, 0.15) is 23.2 Å². The molecule has 1 aliphatic rings. The molecule has 0 amide bonds. The second-order valence-electron chi connectivity index (χ2n) is 3.68. The van der Waals surface area contributed by atoms with Gasteiger partial charge in [0.05, 0.1) is 16.6 Å². The van der Waals surface area contributed by atoms with Crippen LogP contribution < -0.4 is 5.32 Å². The van der Waals surface area contributed by atoms with Crippen molar-refractivity contribution in [2.45, 2.75) is 18.9 Å². The summed E-state index contributed by atoms with van der Waals surface area (Å²) >= 11 is 3.06. The highest BCUT2D eigenvalue weighted by molar-refractivity contribution is 9.10. The lowest BCUT2D eigenvalue weighted by molar-refractivity contribution is 0.0986. The fraction of sp³-hybridized carbons (Fsp3) is 0.364. The minimum Gasteiger partial charge on any atom is -0.307 e. The lowest BCUT2D eigenvalue weighted by Crippen LogP contribution is -2.25. The summed E-state index contributed by atoms with van der Waals surface area (Å²) in [7, 11) is 0. The number of hydrogen-bond donors (Lipinski definition) is 1. The summed E-state index contributed by atoms with van der Waals surface area (Å²) in [5, 5.41) is 3.07. The van der Waals surface area contributed by atoms with Gasteiger partial charge in [-0.15, -0.1) is 0 Å². The summed E-state index contributed by atoms with van der Waals surface area (Å²) in [5.74, 6) is -0.666. The van der Waals surface area contributed by atoms with Crippen molar-refractivity contribution in [1.29, 1.82) is 0 Å². The molecule has 1 saturated carbocycles. The number of benzene rings is 1. The lowest BCUT2D eigenvalue weighted by atomic mass is 10.1. The van der Waals surface area contributed by atoms with Crippen molar-refractivity contribution < 1.29 is 9.18 Å². The van der Waals surface area contributed by atoms with Crippen molar-refractivity contribution in [2.24, 2.45) is 0 Å². The van der Waals surface area contributed by atoms with Crippen LogP contribution in [0.2, 0.25) is 0 Å². The molecule has 80 valence electrons. The smallest absolute Gasteiger partial charge is 0.179 e. The molecule has 1 aliphatic carbocycles. The van der Waals surface area contributed by atoms with Crippen LogP contribution in [0.5, 0.6) is 0 Å². The van der Waals surface area contributed by atoms with Gasteiger partial charge in [0.2, 0.25) is 0 Å². The van der Waals surface area contributed by atoms with Gasteiger partial charge >= 0.3 is 0 Å². The monoisotopic (exact) mass is 271 g/mol. The Morgan fingerprint density at radius 2 is 2.27 bits per heavy atom. The standard InChI is InChI=1S/C11H11BrFNO/c12-9-3-1-2-8(11(9)13)10(15)6-14-7-4-5-7/h1-3,7,14H,4-6H2. The quantitative estimate of drug-likeness (QED) is 0.853. The molecular weight excluding hydrogens is 261 g/mol. The highest BCUT2D eigenvalue weighted by atomic mass is 79.9. The van der Waals surface area contributed by atoms with Gasteiger partial charge < -0.3 is 5.32 Å². The number of ketones is 1. The largest absolute Gasteiger partial charge is 0.307 e. The fourth-order valence-corrected chi connectivity index (χ4v) is 1.71. The molecule has 0 atom stereocenters. The third-order valence-corrected chi connectivity index (χ3v) is 2.99. The molecule has 0 unspecified atom stereocenters. The van der Waals surface area contributed by atoms with Gasteiger partial charge in [0.1, 0.15) is 5.82 Å². The fourth-order valence-electron chi connectivity index (χ4n) is 1.34. The van der Waals surface area contributed by atoms with Crippen LogP contribution in [0.25, 0.3) is 0 Å². The molecule has 15 heavy (non-hydrogen) atoms.